The van der Waals surface area contributed by atoms with Crippen molar-refractivity contribution in [3.8, 4) is 0 Å². The van der Waals surface area contributed by atoms with Crippen LogP contribution in [0.2, 0.25) is 0 Å². The van der Waals surface area contributed by atoms with Gasteiger partial charge >= 0.3 is 6.18 Å². The molecule has 1 rings (SSSR count). The van der Waals surface area contributed by atoms with E-state index in [-0.39, 0.29) is 5.13 Å². The predicted octanol–water partition coefficient (Wildman–Crippen LogP) is 3.16. The van der Waals surface area contributed by atoms with Crippen LogP contribution >= 0.6 is 11.3 Å². The van der Waals surface area contributed by atoms with Gasteiger partial charge in [0.25, 0.3) is 0 Å². The molecular weight excluding hydrogens is 227 g/mol. The van der Waals surface area contributed by atoms with Gasteiger partial charge in [0, 0.05) is 6.54 Å². The first-order chi connectivity index (χ1) is 7.04. The highest BCUT2D eigenvalue weighted by Crippen LogP contribution is 2.32. The van der Waals surface area contributed by atoms with Crippen molar-refractivity contribution in [3.05, 3.63) is 5.01 Å². The number of nitrogens with one attached hydrogen (secondary N) is 1. The molecule has 1 aromatic heterocycles. The van der Waals surface area contributed by atoms with Gasteiger partial charge < -0.3 is 5.32 Å². The second-order valence-corrected chi connectivity index (χ2v) is 4.02. The first-order valence-electron chi connectivity index (χ1n) is 4.68. The van der Waals surface area contributed by atoms with E-state index in [0.29, 0.717) is 17.9 Å². The Morgan fingerprint density at radius 2 is 2.00 bits per heavy atom. The molecule has 0 bridgehead atoms. The zero-order valence-electron chi connectivity index (χ0n) is 8.26. The SMILES string of the molecule is CCCCCNc1nnc(C(F)(F)F)s1. The zero-order valence-corrected chi connectivity index (χ0v) is 9.08. The quantitative estimate of drug-likeness (QED) is 0.802. The number of unbranched alkanes of at least 4 members (excludes halogenated alkanes) is 2. The molecule has 0 saturated carbocycles. The van der Waals surface area contributed by atoms with Crippen molar-refractivity contribution in [2.75, 3.05) is 11.9 Å². The molecule has 1 N–H and O–H groups in total. The van der Waals surface area contributed by atoms with Crippen molar-refractivity contribution < 1.29 is 13.2 Å². The molecule has 0 aromatic carbocycles. The van der Waals surface area contributed by atoms with Crippen molar-refractivity contribution in [1.29, 1.82) is 0 Å². The van der Waals surface area contributed by atoms with Gasteiger partial charge in [0.1, 0.15) is 0 Å². The van der Waals surface area contributed by atoms with Gasteiger partial charge in [0.15, 0.2) is 0 Å². The fraction of sp³-hybridized carbons (Fsp3) is 0.750. The number of alkyl halides is 3. The monoisotopic (exact) mass is 239 g/mol. The van der Waals surface area contributed by atoms with Crippen LogP contribution in [0.4, 0.5) is 18.3 Å². The normalized spacial score (nSPS) is 11.7. The van der Waals surface area contributed by atoms with Gasteiger partial charge in [-0.15, -0.1) is 10.2 Å². The molecule has 1 aromatic rings. The number of hydrogen-bond donors (Lipinski definition) is 1. The van der Waals surface area contributed by atoms with E-state index < -0.39 is 11.2 Å². The molecule has 0 unspecified atom stereocenters. The van der Waals surface area contributed by atoms with Crippen LogP contribution in [0, 0.1) is 0 Å². The Bertz CT molecular complexity index is 298. The van der Waals surface area contributed by atoms with Crippen LogP contribution in [0.3, 0.4) is 0 Å². The van der Waals surface area contributed by atoms with E-state index in [1.807, 2.05) is 0 Å². The van der Waals surface area contributed by atoms with Crippen LogP contribution in [0.5, 0.6) is 0 Å². The minimum Gasteiger partial charge on any atom is -0.360 e. The third kappa shape index (κ3) is 4.03. The summed E-state index contributed by atoms with van der Waals surface area (Å²) >= 11 is 0.540. The van der Waals surface area contributed by atoms with Crippen LogP contribution in [-0.2, 0) is 6.18 Å². The molecule has 1 heterocycles. The minimum atomic E-state index is -4.39. The van der Waals surface area contributed by atoms with Crippen LogP contribution in [0.1, 0.15) is 31.2 Å². The highest BCUT2D eigenvalue weighted by atomic mass is 32.1. The highest BCUT2D eigenvalue weighted by molar-refractivity contribution is 7.15. The molecule has 15 heavy (non-hydrogen) atoms. The third-order valence-electron chi connectivity index (χ3n) is 1.72. The summed E-state index contributed by atoms with van der Waals surface area (Å²) in [5.41, 5.74) is 0. The van der Waals surface area contributed by atoms with E-state index in [1.54, 1.807) is 0 Å². The minimum absolute atomic E-state index is 0.235. The molecule has 0 radical (unpaired) electrons. The molecule has 0 amide bonds. The van der Waals surface area contributed by atoms with Crippen molar-refractivity contribution in [1.82, 2.24) is 10.2 Å². The van der Waals surface area contributed by atoms with Gasteiger partial charge in [0.05, 0.1) is 0 Å². The Morgan fingerprint density at radius 3 is 2.53 bits per heavy atom. The molecule has 0 atom stereocenters. The van der Waals surface area contributed by atoms with E-state index in [1.165, 1.54) is 0 Å². The standard InChI is InChI=1S/C8H12F3N3S/c1-2-3-4-5-12-7-14-13-6(15-7)8(9,10)11/h2-5H2,1H3,(H,12,14). The predicted molar refractivity (Wildman–Crippen MR) is 52.9 cm³/mol. The number of rotatable bonds is 5. The highest BCUT2D eigenvalue weighted by Gasteiger charge is 2.35. The molecule has 0 spiro atoms. The lowest BCUT2D eigenvalue weighted by Gasteiger charge is -2.00. The largest absolute Gasteiger partial charge is 0.445 e. The Balaban J connectivity index is 2.40. The lowest BCUT2D eigenvalue weighted by molar-refractivity contribution is -0.138. The van der Waals surface area contributed by atoms with Crippen molar-refractivity contribution in [2.45, 2.75) is 32.4 Å². The Hall–Kier alpha value is -0.850. The lowest BCUT2D eigenvalue weighted by Crippen LogP contribution is -2.03. The fourth-order valence-corrected chi connectivity index (χ4v) is 1.62. The number of aromatic nitrogens is 2. The van der Waals surface area contributed by atoms with Gasteiger partial charge in [-0.25, -0.2) is 0 Å². The molecule has 7 heteroatoms. The van der Waals surface area contributed by atoms with E-state index in [2.05, 4.69) is 22.4 Å². The summed E-state index contributed by atoms with van der Waals surface area (Å²) in [6.45, 7) is 2.70. The molecule has 3 nitrogen and oxygen atoms in total. The van der Waals surface area contributed by atoms with Gasteiger partial charge in [-0.1, -0.05) is 31.1 Å². The number of anilines is 1. The molecule has 86 valence electrons. The first kappa shape index (κ1) is 12.2. The Kier molecular flexibility index (Phi) is 4.31. The van der Waals surface area contributed by atoms with Crippen LogP contribution in [0.25, 0.3) is 0 Å². The molecule has 0 aliphatic carbocycles. The van der Waals surface area contributed by atoms with E-state index in [9.17, 15) is 13.2 Å². The lowest BCUT2D eigenvalue weighted by atomic mass is 10.2. The van der Waals surface area contributed by atoms with Gasteiger partial charge in [0.2, 0.25) is 10.1 Å². The second-order valence-electron chi connectivity index (χ2n) is 3.04. The maximum Gasteiger partial charge on any atom is 0.445 e. The Labute approximate surface area is 89.7 Å². The van der Waals surface area contributed by atoms with Crippen molar-refractivity contribution in [3.63, 3.8) is 0 Å². The Morgan fingerprint density at radius 1 is 1.27 bits per heavy atom. The maximum atomic E-state index is 12.1. The van der Waals surface area contributed by atoms with Gasteiger partial charge in [-0.05, 0) is 6.42 Å². The maximum absolute atomic E-state index is 12.1. The smallest absolute Gasteiger partial charge is 0.360 e. The van der Waals surface area contributed by atoms with Gasteiger partial charge in [-0.2, -0.15) is 13.2 Å². The molecule has 0 saturated heterocycles. The first-order valence-corrected chi connectivity index (χ1v) is 5.50. The fourth-order valence-electron chi connectivity index (χ4n) is 0.980. The summed E-state index contributed by atoms with van der Waals surface area (Å²) in [5.74, 6) is 0. The van der Waals surface area contributed by atoms with E-state index >= 15 is 0 Å². The second kappa shape index (κ2) is 5.29. The molecule has 0 aliphatic rings. The summed E-state index contributed by atoms with van der Waals surface area (Å²) in [5, 5.41) is 8.63. The van der Waals surface area contributed by atoms with E-state index in [0.717, 1.165) is 19.3 Å². The number of halogens is 3. The molecule has 0 aliphatic heterocycles. The third-order valence-corrected chi connectivity index (χ3v) is 2.65. The summed E-state index contributed by atoms with van der Waals surface area (Å²) in [6, 6.07) is 0. The average molecular weight is 239 g/mol. The van der Waals surface area contributed by atoms with Crippen LogP contribution in [0.15, 0.2) is 0 Å². The average Bonchev–Trinajstić information content (AvgIpc) is 2.60. The summed E-state index contributed by atoms with van der Waals surface area (Å²) in [7, 11) is 0. The van der Waals surface area contributed by atoms with Crippen LogP contribution < -0.4 is 5.32 Å². The summed E-state index contributed by atoms with van der Waals surface area (Å²) in [4.78, 5) is 0. The summed E-state index contributed by atoms with van der Waals surface area (Å²) < 4.78 is 36.4. The number of nitrogens with zero attached hydrogens (tertiary/aromatic N) is 2. The number of hydrogen-bond acceptors (Lipinski definition) is 4. The van der Waals surface area contributed by atoms with Crippen LogP contribution in [-0.4, -0.2) is 16.7 Å². The van der Waals surface area contributed by atoms with Gasteiger partial charge in [-0.3, -0.25) is 0 Å². The van der Waals surface area contributed by atoms with E-state index in [4.69, 9.17) is 0 Å². The zero-order chi connectivity index (χ0) is 11.3. The van der Waals surface area contributed by atoms with Crippen molar-refractivity contribution >= 4 is 16.5 Å². The topological polar surface area (TPSA) is 37.8 Å². The molecule has 0 fully saturated rings. The van der Waals surface area contributed by atoms with Crippen molar-refractivity contribution in [2.24, 2.45) is 0 Å². The summed E-state index contributed by atoms with van der Waals surface area (Å²) in [6.07, 6.45) is -1.33. The molecular formula is C8H12F3N3S.